The van der Waals surface area contributed by atoms with Gasteiger partial charge < -0.3 is 0 Å². The van der Waals surface area contributed by atoms with Crippen molar-refractivity contribution in [3.05, 3.63) is 6.92 Å². The molecule has 0 heterocycles. The Balaban J connectivity index is 3.39. The Kier molecular flexibility index (Phi) is 3.14. The summed E-state index contributed by atoms with van der Waals surface area (Å²) in [5, 5.41) is 0. The standard InChI is InChI=1S/C6H11Cl2/c1-6(2,3)4-5(7)8/h5H,1,4H2,2-3H3. The summed E-state index contributed by atoms with van der Waals surface area (Å²) in [5.41, 5.74) is 0.00810. The van der Waals surface area contributed by atoms with Gasteiger partial charge in [-0.3, -0.25) is 0 Å². The largest absolute Gasteiger partial charge is 0.108 e. The van der Waals surface area contributed by atoms with E-state index in [1.54, 1.807) is 0 Å². The highest BCUT2D eigenvalue weighted by Gasteiger charge is 2.13. The zero-order chi connectivity index (χ0) is 6.78. The van der Waals surface area contributed by atoms with Crippen LogP contribution in [0.4, 0.5) is 0 Å². The average molecular weight is 154 g/mol. The van der Waals surface area contributed by atoms with Crippen molar-refractivity contribution in [1.82, 2.24) is 0 Å². The van der Waals surface area contributed by atoms with Crippen LogP contribution in [0, 0.1) is 12.3 Å². The van der Waals surface area contributed by atoms with E-state index in [-0.39, 0.29) is 10.3 Å². The Labute approximate surface area is 61.2 Å². The molecule has 0 aromatic rings. The molecule has 0 aromatic carbocycles. The first-order valence-corrected chi connectivity index (χ1v) is 3.42. The molecule has 0 unspecified atom stereocenters. The molecule has 0 nitrogen and oxygen atoms in total. The van der Waals surface area contributed by atoms with Crippen molar-refractivity contribution in [1.29, 1.82) is 0 Å². The van der Waals surface area contributed by atoms with E-state index >= 15 is 0 Å². The minimum absolute atomic E-state index is 0.00810. The molecule has 2 heteroatoms. The van der Waals surface area contributed by atoms with Crippen LogP contribution in [-0.2, 0) is 0 Å². The van der Waals surface area contributed by atoms with E-state index in [9.17, 15) is 0 Å². The molecule has 0 atom stereocenters. The molecule has 0 saturated heterocycles. The third-order valence-corrected chi connectivity index (χ3v) is 1.02. The molecule has 49 valence electrons. The third kappa shape index (κ3) is 6.58. The highest BCUT2D eigenvalue weighted by atomic mass is 35.5. The number of rotatable bonds is 2. The highest BCUT2D eigenvalue weighted by Crippen LogP contribution is 2.24. The van der Waals surface area contributed by atoms with Crippen molar-refractivity contribution in [3.8, 4) is 0 Å². The maximum absolute atomic E-state index is 5.49. The van der Waals surface area contributed by atoms with Crippen LogP contribution in [0.25, 0.3) is 0 Å². The quantitative estimate of drug-likeness (QED) is 0.536. The first kappa shape index (κ1) is 8.58. The second kappa shape index (κ2) is 2.93. The predicted octanol–water partition coefficient (Wildman–Crippen LogP) is 3.04. The lowest BCUT2D eigenvalue weighted by Crippen LogP contribution is -2.09. The zero-order valence-corrected chi connectivity index (χ0v) is 6.76. The van der Waals surface area contributed by atoms with Crippen molar-refractivity contribution < 1.29 is 0 Å². The number of hydrogen-bond acceptors (Lipinski definition) is 0. The van der Waals surface area contributed by atoms with Gasteiger partial charge in [-0.2, -0.15) is 0 Å². The van der Waals surface area contributed by atoms with Crippen LogP contribution in [0.3, 0.4) is 0 Å². The molecule has 0 fully saturated rings. The second-order valence-electron chi connectivity index (χ2n) is 2.76. The van der Waals surface area contributed by atoms with Gasteiger partial charge >= 0.3 is 0 Å². The topological polar surface area (TPSA) is 0 Å². The van der Waals surface area contributed by atoms with E-state index in [0.717, 1.165) is 6.42 Å². The molecule has 0 aromatic heterocycles. The summed E-state index contributed by atoms with van der Waals surface area (Å²) in [4.78, 5) is -0.275. The van der Waals surface area contributed by atoms with Crippen LogP contribution < -0.4 is 0 Å². The summed E-state index contributed by atoms with van der Waals surface area (Å²) in [6.45, 7) is 7.85. The van der Waals surface area contributed by atoms with Crippen LogP contribution in [0.2, 0.25) is 0 Å². The fraction of sp³-hybridized carbons (Fsp3) is 0.833. The van der Waals surface area contributed by atoms with Gasteiger partial charge in [0, 0.05) is 0 Å². The highest BCUT2D eigenvalue weighted by molar-refractivity contribution is 6.44. The van der Waals surface area contributed by atoms with Gasteiger partial charge in [0.05, 0.1) is 0 Å². The lowest BCUT2D eigenvalue weighted by atomic mass is 9.93. The van der Waals surface area contributed by atoms with Gasteiger partial charge in [-0.1, -0.05) is 13.8 Å². The summed E-state index contributed by atoms with van der Waals surface area (Å²) in [5.74, 6) is 0. The van der Waals surface area contributed by atoms with E-state index in [1.807, 2.05) is 13.8 Å². The SMILES string of the molecule is [CH2]C(C)(C)CC(Cl)Cl. The van der Waals surface area contributed by atoms with E-state index in [2.05, 4.69) is 6.92 Å². The van der Waals surface area contributed by atoms with Crippen molar-refractivity contribution >= 4 is 23.2 Å². The fourth-order valence-corrected chi connectivity index (χ4v) is 1.25. The van der Waals surface area contributed by atoms with E-state index < -0.39 is 0 Å². The monoisotopic (exact) mass is 153 g/mol. The number of hydrogen-bond donors (Lipinski definition) is 0. The minimum Gasteiger partial charge on any atom is -0.105 e. The molecule has 0 aliphatic rings. The first-order chi connectivity index (χ1) is 3.42. The van der Waals surface area contributed by atoms with E-state index in [4.69, 9.17) is 23.2 Å². The summed E-state index contributed by atoms with van der Waals surface area (Å²) in [7, 11) is 0. The molecule has 0 aliphatic carbocycles. The number of alkyl halides is 2. The lowest BCUT2D eigenvalue weighted by molar-refractivity contribution is 0.450. The Morgan fingerprint density at radius 3 is 1.88 bits per heavy atom. The second-order valence-corrected chi connectivity index (χ2v) is 4.04. The average Bonchev–Trinajstić information content (AvgIpc) is 1.21. The van der Waals surface area contributed by atoms with Crippen molar-refractivity contribution in [2.45, 2.75) is 25.1 Å². The molecule has 8 heavy (non-hydrogen) atoms. The fourth-order valence-electron chi connectivity index (χ4n) is 0.418. The van der Waals surface area contributed by atoms with Crippen molar-refractivity contribution in [2.24, 2.45) is 5.41 Å². The molecule has 0 amide bonds. The first-order valence-electron chi connectivity index (χ1n) is 2.55. The number of halogens is 2. The molecule has 0 bridgehead atoms. The zero-order valence-electron chi connectivity index (χ0n) is 5.25. The van der Waals surface area contributed by atoms with Crippen LogP contribution in [0.1, 0.15) is 20.3 Å². The Morgan fingerprint density at radius 2 is 1.88 bits per heavy atom. The van der Waals surface area contributed by atoms with E-state index in [1.165, 1.54) is 0 Å². The van der Waals surface area contributed by atoms with Gasteiger partial charge in [0.1, 0.15) is 4.84 Å². The minimum atomic E-state index is -0.275. The van der Waals surface area contributed by atoms with Crippen LogP contribution in [0.5, 0.6) is 0 Å². The summed E-state index contributed by atoms with van der Waals surface area (Å²) in [6.07, 6.45) is 0.746. The maximum Gasteiger partial charge on any atom is 0.108 e. The molecule has 0 saturated carbocycles. The lowest BCUT2D eigenvalue weighted by Gasteiger charge is -2.17. The van der Waals surface area contributed by atoms with Crippen molar-refractivity contribution in [3.63, 3.8) is 0 Å². The summed E-state index contributed by atoms with van der Waals surface area (Å²) >= 11 is 11.0. The summed E-state index contributed by atoms with van der Waals surface area (Å²) in [6, 6.07) is 0. The maximum atomic E-state index is 5.49. The Hall–Kier alpha value is 0.580. The van der Waals surface area contributed by atoms with Gasteiger partial charge in [0.15, 0.2) is 0 Å². The Bertz CT molecular complexity index is 61.4. The molecule has 0 spiro atoms. The molecule has 0 rings (SSSR count). The van der Waals surface area contributed by atoms with Crippen molar-refractivity contribution in [2.75, 3.05) is 0 Å². The Morgan fingerprint density at radius 1 is 1.50 bits per heavy atom. The predicted molar refractivity (Wildman–Crippen MR) is 39.2 cm³/mol. The molecular weight excluding hydrogens is 143 g/mol. The van der Waals surface area contributed by atoms with Gasteiger partial charge in [-0.25, -0.2) is 0 Å². The van der Waals surface area contributed by atoms with Gasteiger partial charge in [-0.15, -0.1) is 23.2 Å². The van der Waals surface area contributed by atoms with Gasteiger partial charge in [0.2, 0.25) is 0 Å². The van der Waals surface area contributed by atoms with Crippen LogP contribution >= 0.6 is 23.2 Å². The molecule has 0 aliphatic heterocycles. The smallest absolute Gasteiger partial charge is 0.105 e. The van der Waals surface area contributed by atoms with Gasteiger partial charge in [0.25, 0.3) is 0 Å². The molecule has 1 radical (unpaired) electrons. The van der Waals surface area contributed by atoms with Crippen LogP contribution in [0.15, 0.2) is 0 Å². The van der Waals surface area contributed by atoms with Gasteiger partial charge in [-0.05, 0) is 18.8 Å². The molecule has 0 N–H and O–H groups in total. The van der Waals surface area contributed by atoms with E-state index in [0.29, 0.717) is 0 Å². The third-order valence-electron chi connectivity index (χ3n) is 0.707. The molecular formula is C6H11Cl2. The normalized spacial score (nSPS) is 12.8. The summed E-state index contributed by atoms with van der Waals surface area (Å²) < 4.78 is 0. The van der Waals surface area contributed by atoms with Crippen LogP contribution in [-0.4, -0.2) is 4.84 Å².